The van der Waals surface area contributed by atoms with E-state index in [0.29, 0.717) is 34.6 Å². The molecule has 0 fully saturated rings. The number of esters is 1. The molecule has 0 aliphatic carbocycles. The molecule has 1 aliphatic heterocycles. The van der Waals surface area contributed by atoms with E-state index in [0.717, 1.165) is 0 Å². The van der Waals surface area contributed by atoms with Gasteiger partial charge in [-0.05, 0) is 13.0 Å². The molecule has 0 N–H and O–H groups in total. The zero-order chi connectivity index (χ0) is 11.8. The Morgan fingerprint density at radius 2 is 2.12 bits per heavy atom. The number of benzene rings is 1. The van der Waals surface area contributed by atoms with Crippen LogP contribution in [0.4, 0.5) is 0 Å². The van der Waals surface area contributed by atoms with Gasteiger partial charge in [-0.15, -0.1) is 0 Å². The van der Waals surface area contributed by atoms with E-state index >= 15 is 0 Å². The lowest BCUT2D eigenvalue weighted by Crippen LogP contribution is -2.03. The van der Waals surface area contributed by atoms with Gasteiger partial charge in [-0.2, -0.15) is 0 Å². The minimum absolute atomic E-state index is 0.191. The first kappa shape index (κ1) is 10.0. The van der Waals surface area contributed by atoms with Crippen LogP contribution in [-0.4, -0.2) is 19.4 Å². The van der Waals surface area contributed by atoms with Gasteiger partial charge in [0.1, 0.15) is 17.4 Å². The van der Waals surface area contributed by atoms with Crippen LogP contribution < -0.4 is 9.47 Å². The number of rotatable bonds is 2. The van der Waals surface area contributed by atoms with Gasteiger partial charge < -0.3 is 18.6 Å². The highest BCUT2D eigenvalue weighted by Gasteiger charge is 2.20. The zero-order valence-corrected chi connectivity index (χ0v) is 9.19. The molecule has 5 nitrogen and oxygen atoms in total. The van der Waals surface area contributed by atoms with Gasteiger partial charge in [0, 0.05) is 11.5 Å². The molecule has 0 bridgehead atoms. The van der Waals surface area contributed by atoms with Crippen LogP contribution in [-0.2, 0) is 4.74 Å². The van der Waals surface area contributed by atoms with Crippen LogP contribution in [0.5, 0.6) is 11.5 Å². The molecule has 1 aliphatic rings. The molecule has 3 rings (SSSR count). The van der Waals surface area contributed by atoms with E-state index in [-0.39, 0.29) is 6.79 Å². The molecule has 88 valence electrons. The smallest absolute Gasteiger partial charge is 0.342 e. The van der Waals surface area contributed by atoms with Crippen molar-refractivity contribution in [3.63, 3.8) is 0 Å². The molecule has 0 amide bonds. The molecule has 1 aromatic heterocycles. The van der Waals surface area contributed by atoms with Crippen molar-refractivity contribution in [2.75, 3.05) is 13.4 Å². The van der Waals surface area contributed by atoms with Crippen molar-refractivity contribution >= 4 is 16.9 Å². The Hall–Kier alpha value is -2.17. The summed E-state index contributed by atoms with van der Waals surface area (Å²) in [6, 6.07) is 3.44. The monoisotopic (exact) mass is 234 g/mol. The first-order valence-corrected chi connectivity index (χ1v) is 5.27. The van der Waals surface area contributed by atoms with Crippen molar-refractivity contribution in [1.29, 1.82) is 0 Å². The van der Waals surface area contributed by atoms with E-state index in [1.165, 1.54) is 6.26 Å². The highest BCUT2D eigenvalue weighted by molar-refractivity contribution is 6.04. The third-order valence-corrected chi connectivity index (χ3v) is 2.56. The SMILES string of the molecule is CCOC(=O)c1coc2cc3c(cc12)OCO3. The molecule has 1 aromatic carbocycles. The largest absolute Gasteiger partial charge is 0.463 e. The Morgan fingerprint density at radius 3 is 2.88 bits per heavy atom. The predicted octanol–water partition coefficient (Wildman–Crippen LogP) is 2.34. The number of ether oxygens (including phenoxy) is 3. The number of fused-ring (bicyclic) bond motifs is 2. The van der Waals surface area contributed by atoms with Gasteiger partial charge in [-0.3, -0.25) is 0 Å². The van der Waals surface area contributed by atoms with E-state index in [1.807, 2.05) is 0 Å². The lowest BCUT2D eigenvalue weighted by Gasteiger charge is -1.99. The van der Waals surface area contributed by atoms with Crippen LogP contribution in [0.2, 0.25) is 0 Å². The summed E-state index contributed by atoms with van der Waals surface area (Å²) in [6.45, 7) is 2.28. The summed E-state index contributed by atoms with van der Waals surface area (Å²) in [5.74, 6) is 0.844. The highest BCUT2D eigenvalue weighted by atomic mass is 16.7. The van der Waals surface area contributed by atoms with E-state index < -0.39 is 5.97 Å². The minimum Gasteiger partial charge on any atom is -0.463 e. The number of hydrogen-bond acceptors (Lipinski definition) is 5. The van der Waals surface area contributed by atoms with Gasteiger partial charge in [0.25, 0.3) is 0 Å². The van der Waals surface area contributed by atoms with Gasteiger partial charge in [0.05, 0.1) is 6.61 Å². The molecule has 2 heterocycles. The van der Waals surface area contributed by atoms with Crippen molar-refractivity contribution < 1.29 is 23.4 Å². The summed E-state index contributed by atoms with van der Waals surface area (Å²) in [7, 11) is 0. The molecule has 0 spiro atoms. The molecule has 5 heteroatoms. The molecule has 0 unspecified atom stereocenters. The normalized spacial score (nSPS) is 13.0. The lowest BCUT2D eigenvalue weighted by atomic mass is 10.1. The van der Waals surface area contributed by atoms with Crippen molar-refractivity contribution in [2.24, 2.45) is 0 Å². The second-order valence-electron chi connectivity index (χ2n) is 3.57. The summed E-state index contributed by atoms with van der Waals surface area (Å²) in [5.41, 5.74) is 0.984. The molecule has 2 aromatic rings. The zero-order valence-electron chi connectivity index (χ0n) is 9.19. The molecule has 0 atom stereocenters. The quantitative estimate of drug-likeness (QED) is 0.746. The highest BCUT2D eigenvalue weighted by Crippen LogP contribution is 2.37. The third kappa shape index (κ3) is 1.51. The average Bonchev–Trinajstić information content (AvgIpc) is 2.91. The summed E-state index contributed by atoms with van der Waals surface area (Å²) < 4.78 is 20.7. The molecule has 0 saturated carbocycles. The lowest BCUT2D eigenvalue weighted by molar-refractivity contribution is 0.0527. The Labute approximate surface area is 96.9 Å². The molecule has 0 radical (unpaired) electrons. The number of hydrogen-bond donors (Lipinski definition) is 0. The Bertz CT molecular complexity index is 584. The standard InChI is InChI=1S/C12H10O5/c1-2-14-12(13)8-5-15-9-4-11-10(3-7(8)9)16-6-17-11/h3-5H,2,6H2,1H3. The fourth-order valence-electron chi connectivity index (χ4n) is 1.78. The number of furan rings is 1. The fraction of sp³-hybridized carbons (Fsp3) is 0.250. The van der Waals surface area contributed by atoms with Crippen LogP contribution in [0.1, 0.15) is 17.3 Å². The van der Waals surface area contributed by atoms with Crippen LogP contribution in [0.25, 0.3) is 11.0 Å². The third-order valence-electron chi connectivity index (χ3n) is 2.56. The maximum atomic E-state index is 11.7. The first-order valence-electron chi connectivity index (χ1n) is 5.27. The fourth-order valence-corrected chi connectivity index (χ4v) is 1.78. The van der Waals surface area contributed by atoms with E-state index in [2.05, 4.69) is 0 Å². The average molecular weight is 234 g/mol. The van der Waals surface area contributed by atoms with Crippen molar-refractivity contribution in [1.82, 2.24) is 0 Å². The maximum Gasteiger partial charge on any atom is 0.342 e. The Kier molecular flexibility index (Phi) is 2.18. The van der Waals surface area contributed by atoms with Crippen LogP contribution in [0.3, 0.4) is 0 Å². The van der Waals surface area contributed by atoms with Crippen molar-refractivity contribution in [3.05, 3.63) is 24.0 Å². The minimum atomic E-state index is -0.398. The Morgan fingerprint density at radius 1 is 1.35 bits per heavy atom. The number of carbonyl (C=O) groups is 1. The van der Waals surface area contributed by atoms with Gasteiger partial charge >= 0.3 is 5.97 Å². The molecule has 17 heavy (non-hydrogen) atoms. The van der Waals surface area contributed by atoms with Crippen molar-refractivity contribution in [2.45, 2.75) is 6.92 Å². The van der Waals surface area contributed by atoms with Gasteiger partial charge in [0.2, 0.25) is 6.79 Å². The van der Waals surface area contributed by atoms with E-state index in [9.17, 15) is 4.79 Å². The van der Waals surface area contributed by atoms with Gasteiger partial charge in [-0.1, -0.05) is 0 Å². The summed E-state index contributed by atoms with van der Waals surface area (Å²) >= 11 is 0. The molecular weight excluding hydrogens is 224 g/mol. The topological polar surface area (TPSA) is 57.9 Å². The van der Waals surface area contributed by atoms with Crippen LogP contribution in [0.15, 0.2) is 22.8 Å². The van der Waals surface area contributed by atoms with Crippen LogP contribution in [0, 0.1) is 0 Å². The predicted molar refractivity (Wildman–Crippen MR) is 58.3 cm³/mol. The van der Waals surface area contributed by atoms with Crippen molar-refractivity contribution in [3.8, 4) is 11.5 Å². The molecular formula is C12H10O5. The second kappa shape index (κ2) is 3.69. The summed E-state index contributed by atoms with van der Waals surface area (Å²) in [6.07, 6.45) is 1.39. The number of carbonyl (C=O) groups excluding carboxylic acids is 1. The van der Waals surface area contributed by atoms with E-state index in [4.69, 9.17) is 18.6 Å². The van der Waals surface area contributed by atoms with Crippen LogP contribution >= 0.6 is 0 Å². The first-order chi connectivity index (χ1) is 8.29. The Balaban J connectivity index is 2.12. The van der Waals surface area contributed by atoms with Gasteiger partial charge in [-0.25, -0.2) is 4.79 Å². The van der Waals surface area contributed by atoms with Gasteiger partial charge in [0.15, 0.2) is 11.5 Å². The maximum absolute atomic E-state index is 11.7. The summed E-state index contributed by atoms with van der Waals surface area (Å²) in [4.78, 5) is 11.7. The summed E-state index contributed by atoms with van der Waals surface area (Å²) in [5, 5.41) is 0.674. The molecule has 0 saturated heterocycles. The second-order valence-corrected chi connectivity index (χ2v) is 3.57. The van der Waals surface area contributed by atoms with E-state index in [1.54, 1.807) is 19.1 Å².